The average molecular weight is 374 g/mol. The molecule has 146 valence electrons. The number of hydrogen-bond acceptors (Lipinski definition) is 6. The quantitative estimate of drug-likeness (QED) is 0.711. The Morgan fingerprint density at radius 3 is 2.70 bits per heavy atom. The smallest absolute Gasteiger partial charge is 0.270 e. The number of aromatic nitrogens is 3. The summed E-state index contributed by atoms with van der Waals surface area (Å²) in [5.41, 5.74) is 0.330. The van der Waals surface area contributed by atoms with Crippen molar-refractivity contribution in [1.29, 1.82) is 0 Å². The molecule has 0 aromatic carbocycles. The molecule has 8 nitrogen and oxygen atoms in total. The summed E-state index contributed by atoms with van der Waals surface area (Å²) in [6.45, 7) is 1.22. The molecule has 0 saturated heterocycles. The van der Waals surface area contributed by atoms with Gasteiger partial charge in [-0.1, -0.05) is 0 Å². The summed E-state index contributed by atoms with van der Waals surface area (Å²) in [7, 11) is 3.24. The van der Waals surface area contributed by atoms with Gasteiger partial charge in [0.25, 0.3) is 5.91 Å². The third-order valence-corrected chi connectivity index (χ3v) is 4.67. The van der Waals surface area contributed by atoms with Gasteiger partial charge in [-0.05, 0) is 25.7 Å². The summed E-state index contributed by atoms with van der Waals surface area (Å²) in [6, 6.07) is 3.54. The van der Waals surface area contributed by atoms with E-state index >= 15 is 0 Å². The SMILES string of the molecule is COCCOC1CCC(NC(=O)c2cc(OC)cc(-n3ccnc3)n2)CC1. The number of methoxy groups -OCH3 is 2. The maximum absolute atomic E-state index is 12.7. The molecule has 0 aliphatic heterocycles. The van der Waals surface area contributed by atoms with Crippen LogP contribution >= 0.6 is 0 Å². The van der Waals surface area contributed by atoms with Crippen molar-refractivity contribution >= 4 is 5.91 Å². The van der Waals surface area contributed by atoms with E-state index in [1.54, 1.807) is 49.6 Å². The number of hydrogen-bond donors (Lipinski definition) is 1. The summed E-state index contributed by atoms with van der Waals surface area (Å²) < 4.78 is 17.8. The van der Waals surface area contributed by atoms with Crippen LogP contribution in [0, 0.1) is 0 Å². The van der Waals surface area contributed by atoms with Gasteiger partial charge in [0.1, 0.15) is 23.6 Å². The largest absolute Gasteiger partial charge is 0.497 e. The third-order valence-electron chi connectivity index (χ3n) is 4.67. The van der Waals surface area contributed by atoms with Crippen LogP contribution < -0.4 is 10.1 Å². The molecule has 0 spiro atoms. The fraction of sp³-hybridized carbons (Fsp3) is 0.526. The topological polar surface area (TPSA) is 87.5 Å². The maximum Gasteiger partial charge on any atom is 0.270 e. The molecule has 0 unspecified atom stereocenters. The average Bonchev–Trinajstić information content (AvgIpc) is 3.24. The van der Waals surface area contributed by atoms with E-state index in [0.29, 0.717) is 30.5 Å². The van der Waals surface area contributed by atoms with Gasteiger partial charge >= 0.3 is 0 Å². The van der Waals surface area contributed by atoms with E-state index in [0.717, 1.165) is 25.7 Å². The van der Waals surface area contributed by atoms with Gasteiger partial charge in [-0.2, -0.15) is 0 Å². The zero-order chi connectivity index (χ0) is 19.1. The molecular weight excluding hydrogens is 348 g/mol. The number of carbonyl (C=O) groups is 1. The van der Waals surface area contributed by atoms with Gasteiger partial charge in [0.05, 0.1) is 26.4 Å². The van der Waals surface area contributed by atoms with Crippen molar-refractivity contribution in [2.75, 3.05) is 27.4 Å². The molecule has 8 heteroatoms. The first kappa shape index (κ1) is 19.3. The summed E-state index contributed by atoms with van der Waals surface area (Å²) in [5, 5.41) is 3.08. The molecule has 0 atom stereocenters. The Morgan fingerprint density at radius 2 is 2.04 bits per heavy atom. The number of nitrogens with one attached hydrogen (secondary N) is 1. The minimum absolute atomic E-state index is 0.129. The van der Waals surface area contributed by atoms with Crippen LogP contribution in [0.4, 0.5) is 0 Å². The normalized spacial score (nSPS) is 19.6. The van der Waals surface area contributed by atoms with E-state index in [1.165, 1.54) is 0 Å². The number of amides is 1. The minimum atomic E-state index is -0.195. The van der Waals surface area contributed by atoms with Crippen molar-refractivity contribution in [1.82, 2.24) is 19.9 Å². The highest BCUT2D eigenvalue weighted by molar-refractivity contribution is 5.93. The lowest BCUT2D eigenvalue weighted by molar-refractivity contribution is -0.00409. The van der Waals surface area contributed by atoms with E-state index < -0.39 is 0 Å². The zero-order valence-corrected chi connectivity index (χ0v) is 15.8. The van der Waals surface area contributed by atoms with Crippen LogP contribution in [0.5, 0.6) is 5.75 Å². The predicted octanol–water partition coefficient (Wildman–Crippen LogP) is 1.98. The molecular formula is C19H26N4O4. The molecule has 1 N–H and O–H groups in total. The van der Waals surface area contributed by atoms with Crippen molar-refractivity contribution in [3.63, 3.8) is 0 Å². The molecule has 2 aromatic rings. The number of carbonyl (C=O) groups excluding carboxylic acids is 1. The van der Waals surface area contributed by atoms with Crippen LogP contribution in [0.25, 0.3) is 5.82 Å². The summed E-state index contributed by atoms with van der Waals surface area (Å²) in [5.74, 6) is 0.973. The molecule has 2 heterocycles. The molecule has 0 bridgehead atoms. The molecule has 1 fully saturated rings. The van der Waals surface area contributed by atoms with Gasteiger partial charge in [-0.15, -0.1) is 0 Å². The van der Waals surface area contributed by atoms with Crippen LogP contribution in [-0.2, 0) is 9.47 Å². The Hall–Kier alpha value is -2.45. The molecule has 1 amide bonds. The predicted molar refractivity (Wildman–Crippen MR) is 99.2 cm³/mol. The van der Waals surface area contributed by atoms with E-state index in [4.69, 9.17) is 14.2 Å². The number of ether oxygens (including phenoxy) is 3. The van der Waals surface area contributed by atoms with E-state index in [2.05, 4.69) is 15.3 Å². The summed E-state index contributed by atoms with van der Waals surface area (Å²) in [4.78, 5) is 21.2. The van der Waals surface area contributed by atoms with Crippen molar-refractivity contribution in [2.24, 2.45) is 0 Å². The second-order valence-corrected chi connectivity index (χ2v) is 6.53. The Kier molecular flexibility index (Phi) is 6.78. The lowest BCUT2D eigenvalue weighted by Gasteiger charge is -2.29. The van der Waals surface area contributed by atoms with Crippen LogP contribution in [0.15, 0.2) is 30.9 Å². The highest BCUT2D eigenvalue weighted by Gasteiger charge is 2.24. The molecule has 27 heavy (non-hydrogen) atoms. The molecule has 1 aliphatic rings. The fourth-order valence-corrected chi connectivity index (χ4v) is 3.18. The lowest BCUT2D eigenvalue weighted by atomic mass is 9.93. The van der Waals surface area contributed by atoms with Gasteiger partial charge in [0, 0.05) is 37.7 Å². The first-order chi connectivity index (χ1) is 13.2. The minimum Gasteiger partial charge on any atom is -0.497 e. The molecule has 3 rings (SSSR count). The molecule has 2 aromatic heterocycles. The molecule has 1 saturated carbocycles. The Balaban J connectivity index is 1.59. The summed E-state index contributed by atoms with van der Waals surface area (Å²) >= 11 is 0. The van der Waals surface area contributed by atoms with Crippen molar-refractivity contribution < 1.29 is 19.0 Å². The number of nitrogens with zero attached hydrogens (tertiary/aromatic N) is 3. The van der Waals surface area contributed by atoms with Gasteiger partial charge in [0.15, 0.2) is 0 Å². The maximum atomic E-state index is 12.7. The second kappa shape index (κ2) is 9.48. The van der Waals surface area contributed by atoms with Gasteiger partial charge < -0.3 is 19.5 Å². The third kappa shape index (κ3) is 5.27. The van der Waals surface area contributed by atoms with Crippen LogP contribution in [-0.4, -0.2) is 60.0 Å². The Labute approximate surface area is 158 Å². The van der Waals surface area contributed by atoms with Crippen LogP contribution in [0.2, 0.25) is 0 Å². The first-order valence-corrected chi connectivity index (χ1v) is 9.15. The summed E-state index contributed by atoms with van der Waals surface area (Å²) in [6.07, 6.45) is 8.96. The van der Waals surface area contributed by atoms with E-state index in [1.807, 2.05) is 0 Å². The second-order valence-electron chi connectivity index (χ2n) is 6.53. The number of rotatable bonds is 8. The zero-order valence-electron chi connectivity index (χ0n) is 15.8. The van der Waals surface area contributed by atoms with Gasteiger partial charge in [-0.25, -0.2) is 9.97 Å². The van der Waals surface area contributed by atoms with E-state index in [-0.39, 0.29) is 18.1 Å². The van der Waals surface area contributed by atoms with Crippen LogP contribution in [0.1, 0.15) is 36.2 Å². The fourth-order valence-electron chi connectivity index (χ4n) is 3.18. The van der Waals surface area contributed by atoms with Gasteiger partial charge in [-0.3, -0.25) is 9.36 Å². The standard InChI is InChI=1S/C19H26N4O4/c1-25-9-10-27-15-5-3-14(4-6-15)21-19(24)17-11-16(26-2)12-18(22-17)23-8-7-20-13-23/h7-8,11-15H,3-6,9-10H2,1-2H3,(H,21,24). The molecule has 1 aliphatic carbocycles. The monoisotopic (exact) mass is 374 g/mol. The Morgan fingerprint density at radius 1 is 1.22 bits per heavy atom. The van der Waals surface area contributed by atoms with Crippen molar-refractivity contribution in [3.05, 3.63) is 36.5 Å². The molecule has 0 radical (unpaired) electrons. The number of pyridine rings is 1. The lowest BCUT2D eigenvalue weighted by Crippen LogP contribution is -2.39. The Bertz CT molecular complexity index is 727. The van der Waals surface area contributed by atoms with E-state index in [9.17, 15) is 4.79 Å². The van der Waals surface area contributed by atoms with Gasteiger partial charge in [0.2, 0.25) is 0 Å². The van der Waals surface area contributed by atoms with Crippen molar-refractivity contribution in [2.45, 2.75) is 37.8 Å². The van der Waals surface area contributed by atoms with Crippen LogP contribution in [0.3, 0.4) is 0 Å². The number of imidazole rings is 1. The highest BCUT2D eigenvalue weighted by Crippen LogP contribution is 2.22. The van der Waals surface area contributed by atoms with Crippen molar-refractivity contribution in [3.8, 4) is 11.6 Å². The first-order valence-electron chi connectivity index (χ1n) is 9.15. The highest BCUT2D eigenvalue weighted by atomic mass is 16.5.